The van der Waals surface area contributed by atoms with Crippen molar-refractivity contribution < 1.29 is 19.1 Å². The Hall–Kier alpha value is -2.90. The second-order valence-electron chi connectivity index (χ2n) is 7.77. The van der Waals surface area contributed by atoms with Gasteiger partial charge in [-0.25, -0.2) is 4.98 Å². The number of aromatic nitrogens is 2. The minimum atomic E-state index is -0.315. The molecule has 1 aromatic carbocycles. The van der Waals surface area contributed by atoms with E-state index in [0.717, 1.165) is 16.9 Å². The summed E-state index contributed by atoms with van der Waals surface area (Å²) in [4.78, 5) is 48.8. The van der Waals surface area contributed by atoms with Crippen molar-refractivity contribution in [2.24, 2.45) is 5.92 Å². The minimum absolute atomic E-state index is 0.0620. The number of esters is 1. The molecule has 0 radical (unpaired) electrons. The summed E-state index contributed by atoms with van der Waals surface area (Å²) >= 11 is 0. The highest BCUT2D eigenvalue weighted by molar-refractivity contribution is 5.88. The highest BCUT2D eigenvalue weighted by Crippen LogP contribution is 2.35. The predicted molar refractivity (Wildman–Crippen MR) is 106 cm³/mol. The van der Waals surface area contributed by atoms with Gasteiger partial charge in [0.15, 0.2) is 0 Å². The molecular weight excluding hydrogens is 372 g/mol. The van der Waals surface area contributed by atoms with Crippen LogP contribution in [0.2, 0.25) is 0 Å². The van der Waals surface area contributed by atoms with Gasteiger partial charge in [-0.3, -0.25) is 14.4 Å². The van der Waals surface area contributed by atoms with Crippen LogP contribution in [-0.2, 0) is 25.5 Å². The third-order valence-electron chi connectivity index (χ3n) is 6.08. The van der Waals surface area contributed by atoms with E-state index in [-0.39, 0.29) is 48.8 Å². The van der Waals surface area contributed by atoms with Crippen LogP contribution in [0, 0.1) is 5.92 Å². The largest absolute Gasteiger partial charge is 0.469 e. The first-order valence-electron chi connectivity index (χ1n) is 10.1. The molecule has 2 amide bonds. The molecule has 29 heavy (non-hydrogen) atoms. The van der Waals surface area contributed by atoms with E-state index in [1.165, 1.54) is 7.11 Å². The SMILES string of the molecule is CC[C@H]1[C@@H](C(=O)OC)C[C@H]2CN(C(=O)CCc3nc4ccccc4[nH]3)CC(=O)N21. The molecule has 0 unspecified atom stereocenters. The van der Waals surface area contributed by atoms with Gasteiger partial charge in [0, 0.05) is 25.4 Å². The zero-order valence-corrected chi connectivity index (χ0v) is 16.8. The molecule has 2 fully saturated rings. The summed E-state index contributed by atoms with van der Waals surface area (Å²) in [6, 6.07) is 7.47. The molecule has 8 heteroatoms. The van der Waals surface area contributed by atoms with Crippen LogP contribution >= 0.6 is 0 Å². The molecule has 2 saturated heterocycles. The second kappa shape index (κ2) is 7.85. The van der Waals surface area contributed by atoms with Gasteiger partial charge < -0.3 is 19.5 Å². The molecule has 154 valence electrons. The lowest BCUT2D eigenvalue weighted by Gasteiger charge is -2.39. The van der Waals surface area contributed by atoms with Gasteiger partial charge in [0.25, 0.3) is 0 Å². The van der Waals surface area contributed by atoms with Crippen LogP contribution in [0.15, 0.2) is 24.3 Å². The number of para-hydroxylation sites is 2. The summed E-state index contributed by atoms with van der Waals surface area (Å²) in [5.74, 6) is 0.0261. The summed E-state index contributed by atoms with van der Waals surface area (Å²) in [5, 5.41) is 0. The van der Waals surface area contributed by atoms with Gasteiger partial charge in [0.1, 0.15) is 5.82 Å². The van der Waals surface area contributed by atoms with Crippen molar-refractivity contribution in [2.45, 2.75) is 44.7 Å². The summed E-state index contributed by atoms with van der Waals surface area (Å²) < 4.78 is 4.93. The highest BCUT2D eigenvalue weighted by Gasteiger charge is 2.49. The lowest BCUT2D eigenvalue weighted by atomic mass is 9.97. The average Bonchev–Trinajstić information content (AvgIpc) is 3.32. The van der Waals surface area contributed by atoms with Crippen LogP contribution < -0.4 is 0 Å². The Morgan fingerprint density at radius 2 is 2.10 bits per heavy atom. The van der Waals surface area contributed by atoms with Gasteiger partial charge in [0.2, 0.25) is 11.8 Å². The van der Waals surface area contributed by atoms with E-state index in [2.05, 4.69) is 9.97 Å². The van der Waals surface area contributed by atoms with E-state index in [9.17, 15) is 14.4 Å². The topological polar surface area (TPSA) is 95.6 Å². The number of rotatable bonds is 5. The van der Waals surface area contributed by atoms with Gasteiger partial charge >= 0.3 is 5.97 Å². The molecule has 2 aliphatic heterocycles. The standard InChI is InChI=1S/C21H26N4O4/c1-3-17-14(21(28)29-2)10-13-11-24(12-20(27)25(13)17)19(26)9-8-18-22-15-6-4-5-7-16(15)23-18/h4-7,13-14,17H,3,8-12H2,1-2H3,(H,22,23)/t13-,14-,17-/m0/s1. The Balaban J connectivity index is 1.40. The zero-order chi connectivity index (χ0) is 20.5. The average molecular weight is 398 g/mol. The van der Waals surface area contributed by atoms with E-state index in [1.807, 2.05) is 36.1 Å². The number of aryl methyl sites for hydroxylation is 1. The first-order chi connectivity index (χ1) is 14.0. The molecule has 0 spiro atoms. The van der Waals surface area contributed by atoms with Crippen LogP contribution in [0.1, 0.15) is 32.0 Å². The van der Waals surface area contributed by atoms with E-state index >= 15 is 0 Å². The molecule has 0 saturated carbocycles. The van der Waals surface area contributed by atoms with Crippen LogP contribution in [0.5, 0.6) is 0 Å². The third kappa shape index (κ3) is 3.59. The molecule has 2 aromatic rings. The monoisotopic (exact) mass is 398 g/mol. The number of hydrogen-bond acceptors (Lipinski definition) is 5. The number of benzene rings is 1. The fourth-order valence-electron chi connectivity index (χ4n) is 4.73. The maximum Gasteiger partial charge on any atom is 0.310 e. The van der Waals surface area contributed by atoms with Gasteiger partial charge in [-0.15, -0.1) is 0 Å². The van der Waals surface area contributed by atoms with Crippen molar-refractivity contribution in [3.63, 3.8) is 0 Å². The first kappa shape index (κ1) is 19.4. The number of nitrogens with one attached hydrogen (secondary N) is 1. The molecular formula is C21H26N4O4. The van der Waals surface area contributed by atoms with Crippen molar-refractivity contribution in [3.05, 3.63) is 30.1 Å². The van der Waals surface area contributed by atoms with Gasteiger partial charge in [-0.2, -0.15) is 0 Å². The number of aromatic amines is 1. The number of carbonyl (C=O) groups excluding carboxylic acids is 3. The molecule has 1 aromatic heterocycles. The Bertz CT molecular complexity index is 907. The predicted octanol–water partition coefficient (Wildman–Crippen LogP) is 1.51. The van der Waals surface area contributed by atoms with Gasteiger partial charge in [0.05, 0.1) is 36.6 Å². The molecule has 3 heterocycles. The van der Waals surface area contributed by atoms with Crippen LogP contribution in [0.4, 0.5) is 0 Å². The molecule has 4 rings (SSSR count). The maximum atomic E-state index is 12.8. The number of piperazine rings is 1. The number of nitrogens with zero attached hydrogens (tertiary/aromatic N) is 3. The third-order valence-corrected chi connectivity index (χ3v) is 6.08. The van der Waals surface area contributed by atoms with E-state index in [0.29, 0.717) is 25.8 Å². The smallest absolute Gasteiger partial charge is 0.310 e. The molecule has 3 atom stereocenters. The van der Waals surface area contributed by atoms with Crippen LogP contribution in [0.3, 0.4) is 0 Å². The minimum Gasteiger partial charge on any atom is -0.469 e. The number of methoxy groups -OCH3 is 1. The van der Waals surface area contributed by atoms with Crippen molar-refractivity contribution in [2.75, 3.05) is 20.2 Å². The number of ether oxygens (including phenoxy) is 1. The fraction of sp³-hybridized carbons (Fsp3) is 0.524. The van der Waals surface area contributed by atoms with Crippen LogP contribution in [-0.4, -0.2) is 69.8 Å². The second-order valence-corrected chi connectivity index (χ2v) is 7.77. The van der Waals surface area contributed by atoms with Crippen molar-refractivity contribution in [3.8, 4) is 0 Å². The van der Waals surface area contributed by atoms with Gasteiger partial charge in [-0.1, -0.05) is 19.1 Å². The first-order valence-corrected chi connectivity index (χ1v) is 10.1. The Kier molecular flexibility index (Phi) is 5.25. The molecule has 0 aliphatic carbocycles. The normalized spacial score (nSPS) is 24.1. The number of H-pyrrole nitrogens is 1. The van der Waals surface area contributed by atoms with E-state index in [4.69, 9.17) is 4.74 Å². The lowest BCUT2D eigenvalue weighted by Crippen LogP contribution is -2.57. The van der Waals surface area contributed by atoms with Crippen molar-refractivity contribution >= 4 is 28.8 Å². The Morgan fingerprint density at radius 1 is 1.31 bits per heavy atom. The number of fused-ring (bicyclic) bond motifs is 2. The zero-order valence-electron chi connectivity index (χ0n) is 16.8. The van der Waals surface area contributed by atoms with Gasteiger partial charge in [-0.05, 0) is 25.0 Å². The summed E-state index contributed by atoms with van der Waals surface area (Å²) in [7, 11) is 1.38. The number of amides is 2. The molecule has 2 aliphatic rings. The Labute approximate surface area is 169 Å². The highest BCUT2D eigenvalue weighted by atomic mass is 16.5. The van der Waals surface area contributed by atoms with Crippen LogP contribution in [0.25, 0.3) is 11.0 Å². The summed E-state index contributed by atoms with van der Waals surface area (Å²) in [5.41, 5.74) is 1.83. The lowest BCUT2D eigenvalue weighted by molar-refractivity contribution is -0.150. The quantitative estimate of drug-likeness (QED) is 0.770. The number of hydrogen-bond donors (Lipinski definition) is 1. The fourth-order valence-corrected chi connectivity index (χ4v) is 4.73. The molecule has 8 nitrogen and oxygen atoms in total. The van der Waals surface area contributed by atoms with E-state index < -0.39 is 0 Å². The Morgan fingerprint density at radius 3 is 2.83 bits per heavy atom. The molecule has 0 bridgehead atoms. The van der Waals surface area contributed by atoms with Crippen molar-refractivity contribution in [1.82, 2.24) is 19.8 Å². The summed E-state index contributed by atoms with van der Waals surface area (Å²) in [6.07, 6.45) is 2.03. The van der Waals surface area contributed by atoms with E-state index in [1.54, 1.807) is 4.90 Å². The maximum absolute atomic E-state index is 12.8. The van der Waals surface area contributed by atoms with Crippen molar-refractivity contribution in [1.29, 1.82) is 0 Å². The molecule has 1 N–H and O–H groups in total. The number of carbonyl (C=O) groups is 3. The number of imidazole rings is 1. The summed E-state index contributed by atoms with van der Waals surface area (Å²) in [6.45, 7) is 2.51.